The molecule has 0 saturated carbocycles. The summed E-state index contributed by atoms with van der Waals surface area (Å²) >= 11 is 0. The Bertz CT molecular complexity index is 683. The van der Waals surface area contributed by atoms with Crippen LogP contribution in [0.15, 0.2) is 54.7 Å². The first-order valence-corrected chi connectivity index (χ1v) is 5.81. The third-order valence-corrected chi connectivity index (χ3v) is 3.06. The van der Waals surface area contributed by atoms with Gasteiger partial charge in [0.15, 0.2) is 0 Å². The Kier molecular flexibility index (Phi) is 2.52. The van der Waals surface area contributed by atoms with Crippen LogP contribution in [0.5, 0.6) is 0 Å². The predicted molar refractivity (Wildman–Crippen MR) is 71.9 cm³/mol. The van der Waals surface area contributed by atoms with Crippen LogP contribution in [0.4, 0.5) is 10.1 Å². The molecule has 18 heavy (non-hydrogen) atoms. The van der Waals surface area contributed by atoms with Crippen LogP contribution in [-0.2, 0) is 6.54 Å². The summed E-state index contributed by atoms with van der Waals surface area (Å²) in [6.07, 6.45) is 2.02. The van der Waals surface area contributed by atoms with Crippen molar-refractivity contribution in [1.29, 1.82) is 0 Å². The van der Waals surface area contributed by atoms with Crippen molar-refractivity contribution < 1.29 is 4.39 Å². The second-order valence-electron chi connectivity index (χ2n) is 4.39. The van der Waals surface area contributed by atoms with Crippen molar-refractivity contribution in [3.8, 4) is 0 Å². The smallest absolute Gasteiger partial charge is 0.123 e. The highest BCUT2D eigenvalue weighted by molar-refractivity contribution is 5.83. The number of nitrogens with zero attached hydrogens (tertiary/aromatic N) is 1. The molecule has 90 valence electrons. The van der Waals surface area contributed by atoms with E-state index in [1.165, 1.54) is 12.1 Å². The standard InChI is InChI=1S/C15H13FN2/c16-13-4-1-11(2-5-13)10-18-8-7-12-3-6-14(17)9-15(12)18/h1-9H,10,17H2. The third kappa shape index (κ3) is 1.95. The largest absolute Gasteiger partial charge is 0.399 e. The van der Waals surface area contributed by atoms with Crippen LogP contribution < -0.4 is 5.73 Å². The summed E-state index contributed by atoms with van der Waals surface area (Å²) < 4.78 is 15.0. The molecule has 3 aromatic rings. The highest BCUT2D eigenvalue weighted by Crippen LogP contribution is 2.20. The number of anilines is 1. The maximum absolute atomic E-state index is 12.8. The molecule has 0 spiro atoms. The summed E-state index contributed by atoms with van der Waals surface area (Å²) in [5.74, 6) is -0.208. The van der Waals surface area contributed by atoms with Gasteiger partial charge in [-0.1, -0.05) is 18.2 Å². The van der Waals surface area contributed by atoms with Crippen LogP contribution in [-0.4, -0.2) is 4.57 Å². The Morgan fingerprint density at radius 3 is 2.56 bits per heavy atom. The molecule has 0 unspecified atom stereocenters. The Labute approximate surface area is 104 Å². The monoisotopic (exact) mass is 240 g/mol. The fourth-order valence-corrected chi connectivity index (χ4v) is 2.13. The molecule has 2 N–H and O–H groups in total. The first-order chi connectivity index (χ1) is 8.72. The Hall–Kier alpha value is -2.29. The number of hydrogen-bond donors (Lipinski definition) is 1. The summed E-state index contributed by atoms with van der Waals surface area (Å²) in [6, 6.07) is 14.5. The molecule has 1 heterocycles. The zero-order chi connectivity index (χ0) is 12.5. The Morgan fingerprint density at radius 2 is 1.78 bits per heavy atom. The molecule has 0 aliphatic carbocycles. The molecule has 0 radical (unpaired) electrons. The van der Waals surface area contributed by atoms with Gasteiger partial charge in [0.1, 0.15) is 5.82 Å². The number of aromatic nitrogens is 1. The van der Waals surface area contributed by atoms with Crippen LogP contribution >= 0.6 is 0 Å². The van der Waals surface area contributed by atoms with Crippen molar-refractivity contribution >= 4 is 16.6 Å². The number of rotatable bonds is 2. The lowest BCUT2D eigenvalue weighted by atomic mass is 10.2. The van der Waals surface area contributed by atoms with Crippen molar-refractivity contribution in [3.63, 3.8) is 0 Å². The summed E-state index contributed by atoms with van der Waals surface area (Å²) in [5, 5.41) is 1.16. The predicted octanol–water partition coefficient (Wildman–Crippen LogP) is 3.41. The minimum atomic E-state index is -0.208. The molecule has 0 saturated heterocycles. The maximum atomic E-state index is 12.8. The van der Waals surface area contributed by atoms with E-state index in [1.54, 1.807) is 12.1 Å². The fraction of sp³-hybridized carbons (Fsp3) is 0.0667. The van der Waals surface area contributed by atoms with Gasteiger partial charge in [0.05, 0.1) is 5.52 Å². The maximum Gasteiger partial charge on any atom is 0.123 e. The highest BCUT2D eigenvalue weighted by Gasteiger charge is 2.02. The molecule has 3 rings (SSSR count). The second kappa shape index (κ2) is 4.18. The van der Waals surface area contributed by atoms with Gasteiger partial charge >= 0.3 is 0 Å². The van der Waals surface area contributed by atoms with Gasteiger partial charge in [-0.3, -0.25) is 0 Å². The SMILES string of the molecule is Nc1ccc2ccn(Cc3ccc(F)cc3)c2c1. The van der Waals surface area contributed by atoms with Gasteiger partial charge in [-0.05, 0) is 41.3 Å². The van der Waals surface area contributed by atoms with Crippen LogP contribution in [0, 0.1) is 5.82 Å². The van der Waals surface area contributed by atoms with E-state index in [9.17, 15) is 4.39 Å². The molecule has 0 atom stereocenters. The minimum Gasteiger partial charge on any atom is -0.399 e. The quantitative estimate of drug-likeness (QED) is 0.684. The van der Waals surface area contributed by atoms with Gasteiger partial charge in [-0.25, -0.2) is 4.39 Å². The number of nitrogen functional groups attached to an aromatic ring is 1. The summed E-state index contributed by atoms with van der Waals surface area (Å²) in [5.41, 5.74) is 8.72. The lowest BCUT2D eigenvalue weighted by Crippen LogP contribution is -1.98. The average molecular weight is 240 g/mol. The van der Waals surface area contributed by atoms with Crippen LogP contribution in [0.25, 0.3) is 10.9 Å². The van der Waals surface area contributed by atoms with Crippen LogP contribution in [0.1, 0.15) is 5.56 Å². The number of hydrogen-bond acceptors (Lipinski definition) is 1. The zero-order valence-electron chi connectivity index (χ0n) is 9.81. The summed E-state index contributed by atoms with van der Waals surface area (Å²) in [7, 11) is 0. The summed E-state index contributed by atoms with van der Waals surface area (Å²) in [4.78, 5) is 0. The van der Waals surface area contributed by atoms with Crippen molar-refractivity contribution in [2.75, 3.05) is 5.73 Å². The van der Waals surface area contributed by atoms with E-state index >= 15 is 0 Å². The van der Waals surface area contributed by atoms with E-state index in [-0.39, 0.29) is 5.82 Å². The van der Waals surface area contributed by atoms with Gasteiger partial charge < -0.3 is 10.3 Å². The molecule has 2 nitrogen and oxygen atoms in total. The first-order valence-electron chi connectivity index (χ1n) is 5.81. The number of halogens is 1. The fourth-order valence-electron chi connectivity index (χ4n) is 2.13. The van der Waals surface area contributed by atoms with Crippen LogP contribution in [0.3, 0.4) is 0 Å². The highest BCUT2D eigenvalue weighted by atomic mass is 19.1. The molecule has 0 aliphatic heterocycles. The van der Waals surface area contributed by atoms with E-state index in [0.717, 1.165) is 22.2 Å². The van der Waals surface area contributed by atoms with Gasteiger partial charge in [0.2, 0.25) is 0 Å². The topological polar surface area (TPSA) is 30.9 Å². The van der Waals surface area contributed by atoms with E-state index in [1.807, 2.05) is 24.4 Å². The van der Waals surface area contributed by atoms with E-state index in [0.29, 0.717) is 6.54 Å². The lowest BCUT2D eigenvalue weighted by Gasteiger charge is -2.06. The molecule has 3 heteroatoms. The Balaban J connectivity index is 1.99. The van der Waals surface area contributed by atoms with Gasteiger partial charge in [-0.2, -0.15) is 0 Å². The zero-order valence-corrected chi connectivity index (χ0v) is 9.81. The first kappa shape index (κ1) is 10.8. The van der Waals surface area contributed by atoms with Crippen molar-refractivity contribution in [2.24, 2.45) is 0 Å². The molecule has 0 amide bonds. The molecular weight excluding hydrogens is 227 g/mol. The van der Waals surface area contributed by atoms with Gasteiger partial charge in [0.25, 0.3) is 0 Å². The number of benzene rings is 2. The Morgan fingerprint density at radius 1 is 1.00 bits per heavy atom. The third-order valence-electron chi connectivity index (χ3n) is 3.06. The molecule has 0 fully saturated rings. The van der Waals surface area contributed by atoms with Crippen molar-refractivity contribution in [2.45, 2.75) is 6.54 Å². The number of nitrogens with two attached hydrogens (primary N) is 1. The molecular formula is C15H13FN2. The summed E-state index contributed by atoms with van der Waals surface area (Å²) in [6.45, 7) is 0.716. The molecule has 0 aliphatic rings. The molecule has 2 aromatic carbocycles. The minimum absolute atomic E-state index is 0.208. The molecule has 0 bridgehead atoms. The van der Waals surface area contributed by atoms with E-state index < -0.39 is 0 Å². The lowest BCUT2D eigenvalue weighted by molar-refractivity contribution is 0.626. The van der Waals surface area contributed by atoms with Crippen LogP contribution in [0.2, 0.25) is 0 Å². The second-order valence-corrected chi connectivity index (χ2v) is 4.39. The van der Waals surface area contributed by atoms with Gasteiger partial charge in [0, 0.05) is 18.4 Å². The molecule has 1 aromatic heterocycles. The van der Waals surface area contributed by atoms with Gasteiger partial charge in [-0.15, -0.1) is 0 Å². The van der Waals surface area contributed by atoms with E-state index in [2.05, 4.69) is 10.6 Å². The van der Waals surface area contributed by atoms with E-state index in [4.69, 9.17) is 5.73 Å². The normalized spacial score (nSPS) is 10.9. The average Bonchev–Trinajstić information content (AvgIpc) is 2.75. The number of fused-ring (bicyclic) bond motifs is 1. The van der Waals surface area contributed by atoms with Crippen molar-refractivity contribution in [1.82, 2.24) is 4.57 Å². The van der Waals surface area contributed by atoms with Crippen molar-refractivity contribution in [3.05, 3.63) is 66.1 Å².